The van der Waals surface area contributed by atoms with Gasteiger partial charge < -0.3 is 14.7 Å². The van der Waals surface area contributed by atoms with E-state index in [1.165, 1.54) is 0 Å². The van der Waals surface area contributed by atoms with Gasteiger partial charge in [0.15, 0.2) is 6.10 Å². The lowest BCUT2D eigenvalue weighted by Crippen LogP contribution is -2.51. The quantitative estimate of drug-likeness (QED) is 0.838. The smallest absolute Gasteiger partial charge is 0.334 e. The third-order valence-corrected chi connectivity index (χ3v) is 6.20. The summed E-state index contributed by atoms with van der Waals surface area (Å²) in [6.07, 6.45) is 4.66. The molecule has 1 fully saturated rings. The molecule has 0 bridgehead atoms. The number of thiazole rings is 1. The van der Waals surface area contributed by atoms with E-state index in [-0.39, 0.29) is 30.9 Å². The van der Waals surface area contributed by atoms with Crippen LogP contribution >= 0.6 is 11.3 Å². The van der Waals surface area contributed by atoms with Crippen molar-refractivity contribution < 1.29 is 19.4 Å². The lowest BCUT2D eigenvalue weighted by atomic mass is 9.82. The second kappa shape index (κ2) is 7.17. The number of aliphatic carboxylic acids is 1. The number of aromatic nitrogens is 1. The van der Waals surface area contributed by atoms with Crippen molar-refractivity contribution in [1.82, 2.24) is 9.88 Å². The molecule has 0 spiro atoms. The molecule has 136 valence electrons. The molecule has 1 saturated heterocycles. The predicted molar refractivity (Wildman–Crippen MR) is 98.2 cm³/mol. The number of allylic oxidation sites excluding steroid dienone is 2. The molecule has 2 aliphatic rings. The minimum Gasteiger partial charge on any atom is -0.479 e. The second-order valence-corrected chi connectivity index (χ2v) is 7.72. The summed E-state index contributed by atoms with van der Waals surface area (Å²) in [4.78, 5) is 30.7. The summed E-state index contributed by atoms with van der Waals surface area (Å²) >= 11 is 1.64. The number of para-hydroxylation sites is 1. The molecule has 1 aromatic heterocycles. The van der Waals surface area contributed by atoms with Gasteiger partial charge in [-0.15, -0.1) is 11.3 Å². The number of hydrogen-bond acceptors (Lipinski definition) is 5. The lowest BCUT2D eigenvalue weighted by Gasteiger charge is -2.36. The Morgan fingerprint density at radius 2 is 2.04 bits per heavy atom. The number of benzene rings is 1. The van der Waals surface area contributed by atoms with Crippen molar-refractivity contribution in [2.45, 2.75) is 24.9 Å². The lowest BCUT2D eigenvalue weighted by molar-refractivity contribution is -0.160. The molecule has 2 aromatic rings. The molecule has 0 radical (unpaired) electrons. The maximum Gasteiger partial charge on any atom is 0.334 e. The van der Waals surface area contributed by atoms with Crippen molar-refractivity contribution >= 4 is 33.4 Å². The first-order valence-electron chi connectivity index (χ1n) is 8.77. The summed E-state index contributed by atoms with van der Waals surface area (Å²) < 4.78 is 6.37. The molecule has 3 atom stereocenters. The fraction of sp³-hybridized carbons (Fsp3) is 0.421. The number of carboxylic acids is 1. The number of carbonyl (C=O) groups is 2. The highest BCUT2D eigenvalue weighted by molar-refractivity contribution is 7.18. The van der Waals surface area contributed by atoms with Crippen LogP contribution in [0.25, 0.3) is 10.2 Å². The average Bonchev–Trinajstić information content (AvgIpc) is 3.11. The Labute approximate surface area is 155 Å². The first kappa shape index (κ1) is 17.2. The number of hydrogen-bond donors (Lipinski definition) is 1. The number of morpholine rings is 1. The molecular weight excluding hydrogens is 352 g/mol. The van der Waals surface area contributed by atoms with Crippen LogP contribution in [-0.4, -0.2) is 52.7 Å². The van der Waals surface area contributed by atoms with Crippen LogP contribution in [0.4, 0.5) is 0 Å². The summed E-state index contributed by atoms with van der Waals surface area (Å²) in [5, 5.41) is 10.2. The fourth-order valence-corrected chi connectivity index (χ4v) is 4.79. The molecule has 6 nitrogen and oxygen atoms in total. The molecule has 1 aromatic carbocycles. The van der Waals surface area contributed by atoms with Crippen molar-refractivity contribution in [2.75, 3.05) is 19.7 Å². The molecule has 1 N–H and O–H groups in total. The summed E-state index contributed by atoms with van der Waals surface area (Å²) in [6.45, 7) is 0.813. The number of carboxylic acid groups (broad SMARTS) is 1. The normalized spacial score (nSPS) is 26.2. The molecule has 4 rings (SSSR count). The van der Waals surface area contributed by atoms with Gasteiger partial charge in [-0.3, -0.25) is 4.79 Å². The summed E-state index contributed by atoms with van der Waals surface area (Å²) in [6, 6.07) is 8.00. The highest BCUT2D eigenvalue weighted by Gasteiger charge is 2.37. The van der Waals surface area contributed by atoms with Crippen LogP contribution < -0.4 is 0 Å². The minimum atomic E-state index is -1.02. The first-order chi connectivity index (χ1) is 12.6. The highest BCUT2D eigenvalue weighted by Crippen LogP contribution is 2.39. The molecule has 7 heteroatoms. The van der Waals surface area contributed by atoms with E-state index in [0.29, 0.717) is 13.0 Å². The van der Waals surface area contributed by atoms with Crippen LogP contribution in [-0.2, 0) is 14.3 Å². The zero-order valence-electron chi connectivity index (χ0n) is 14.2. The van der Waals surface area contributed by atoms with Crippen LogP contribution in [0.15, 0.2) is 36.4 Å². The Balaban J connectivity index is 1.58. The number of carbonyl (C=O) groups excluding carboxylic acids is 1. The number of ether oxygens (including phenoxy) is 1. The minimum absolute atomic E-state index is 0.00755. The van der Waals surface area contributed by atoms with Crippen LogP contribution in [0.5, 0.6) is 0 Å². The second-order valence-electron chi connectivity index (χ2n) is 6.66. The van der Waals surface area contributed by atoms with Crippen LogP contribution in [0.2, 0.25) is 0 Å². The number of fused-ring (bicyclic) bond motifs is 1. The largest absolute Gasteiger partial charge is 0.479 e. The Bertz CT molecular complexity index is 829. The Morgan fingerprint density at radius 3 is 2.85 bits per heavy atom. The SMILES string of the molecule is O=C(O)[C@@H]1CN(C(=O)[C@@H]2CC=CC[C@H]2c2nc3ccccc3s2)CCO1. The topological polar surface area (TPSA) is 79.7 Å². The third kappa shape index (κ3) is 3.24. The van der Waals surface area contributed by atoms with Gasteiger partial charge in [0.1, 0.15) is 0 Å². The van der Waals surface area contributed by atoms with E-state index in [0.717, 1.165) is 21.6 Å². The van der Waals surface area contributed by atoms with Gasteiger partial charge in [0, 0.05) is 12.5 Å². The zero-order chi connectivity index (χ0) is 18.1. The van der Waals surface area contributed by atoms with E-state index in [2.05, 4.69) is 6.08 Å². The summed E-state index contributed by atoms with van der Waals surface area (Å²) in [5.74, 6) is -1.17. The molecular formula is C19H20N2O4S. The van der Waals surface area contributed by atoms with E-state index in [1.54, 1.807) is 16.2 Å². The Hall–Kier alpha value is -2.25. The third-order valence-electron chi connectivity index (χ3n) is 5.03. The van der Waals surface area contributed by atoms with Crippen molar-refractivity contribution in [3.8, 4) is 0 Å². The van der Waals surface area contributed by atoms with Gasteiger partial charge in [0.25, 0.3) is 0 Å². The monoisotopic (exact) mass is 372 g/mol. The maximum atomic E-state index is 13.1. The fourth-order valence-electron chi connectivity index (χ4n) is 3.64. The molecule has 1 aliphatic carbocycles. The van der Waals surface area contributed by atoms with Gasteiger partial charge in [-0.1, -0.05) is 24.3 Å². The van der Waals surface area contributed by atoms with Crippen LogP contribution in [0.1, 0.15) is 23.8 Å². The van der Waals surface area contributed by atoms with Gasteiger partial charge in [0.05, 0.1) is 34.3 Å². The standard InChI is InChI=1S/C19H20N2O4S/c22-18(21-9-10-25-15(11-21)19(23)24)13-6-2-1-5-12(13)17-20-14-7-3-4-8-16(14)26-17/h1-4,7-8,12-13,15H,5-6,9-11H2,(H,23,24)/t12-,13-,15+/m1/s1. The van der Waals surface area contributed by atoms with Gasteiger partial charge in [-0.2, -0.15) is 0 Å². The van der Waals surface area contributed by atoms with E-state index >= 15 is 0 Å². The van der Waals surface area contributed by atoms with Gasteiger partial charge in [-0.25, -0.2) is 9.78 Å². The van der Waals surface area contributed by atoms with Crippen molar-refractivity contribution in [1.29, 1.82) is 0 Å². The van der Waals surface area contributed by atoms with Crippen LogP contribution in [0.3, 0.4) is 0 Å². The van der Waals surface area contributed by atoms with Crippen molar-refractivity contribution in [3.63, 3.8) is 0 Å². The number of amides is 1. The molecule has 1 amide bonds. The first-order valence-corrected chi connectivity index (χ1v) is 9.59. The number of nitrogens with zero attached hydrogens (tertiary/aromatic N) is 2. The Kier molecular flexibility index (Phi) is 4.74. The predicted octanol–water partition coefficient (Wildman–Crippen LogP) is 2.66. The van der Waals surface area contributed by atoms with Gasteiger partial charge in [-0.05, 0) is 25.0 Å². The average molecular weight is 372 g/mol. The molecule has 0 saturated carbocycles. The summed E-state index contributed by atoms with van der Waals surface area (Å²) in [7, 11) is 0. The maximum absolute atomic E-state index is 13.1. The van der Waals surface area contributed by atoms with Gasteiger partial charge >= 0.3 is 5.97 Å². The van der Waals surface area contributed by atoms with E-state index in [9.17, 15) is 14.7 Å². The highest BCUT2D eigenvalue weighted by atomic mass is 32.1. The Morgan fingerprint density at radius 1 is 1.23 bits per heavy atom. The van der Waals surface area contributed by atoms with Crippen molar-refractivity contribution in [3.05, 3.63) is 41.4 Å². The zero-order valence-corrected chi connectivity index (χ0v) is 15.0. The van der Waals surface area contributed by atoms with E-state index in [4.69, 9.17) is 9.72 Å². The molecule has 0 unspecified atom stereocenters. The molecule has 2 heterocycles. The number of rotatable bonds is 3. The van der Waals surface area contributed by atoms with E-state index < -0.39 is 12.1 Å². The summed E-state index contributed by atoms with van der Waals surface area (Å²) in [5.41, 5.74) is 0.963. The van der Waals surface area contributed by atoms with Crippen LogP contribution in [0, 0.1) is 5.92 Å². The van der Waals surface area contributed by atoms with E-state index in [1.807, 2.05) is 30.3 Å². The van der Waals surface area contributed by atoms with Crippen molar-refractivity contribution in [2.24, 2.45) is 5.92 Å². The molecule has 26 heavy (non-hydrogen) atoms. The molecule has 1 aliphatic heterocycles. The van der Waals surface area contributed by atoms with Gasteiger partial charge in [0.2, 0.25) is 5.91 Å².